The van der Waals surface area contributed by atoms with Crippen LogP contribution in [0.25, 0.3) is 0 Å². The average molecular weight is 356 g/mol. The molecule has 0 aromatic heterocycles. The van der Waals surface area contributed by atoms with Crippen molar-refractivity contribution in [2.75, 3.05) is 18.5 Å². The maximum atomic E-state index is 12.1. The number of nitrogens with one attached hydrogen (secondary N) is 2. The Hall–Kier alpha value is -3.02. The van der Waals surface area contributed by atoms with Gasteiger partial charge in [-0.2, -0.15) is 0 Å². The standard InChI is InChI=1S/C20H24N2O4/c1-4-25-18-12-8-15(9-13-18)14(3)21-20(24)22-17-10-6-16(7-11-17)19(23)26-5-2/h6-14H,4-5H2,1-3H3,(H2,21,22,24). The minimum absolute atomic E-state index is 0.163. The third kappa shape index (κ3) is 5.51. The van der Waals surface area contributed by atoms with Gasteiger partial charge >= 0.3 is 12.0 Å². The van der Waals surface area contributed by atoms with Gasteiger partial charge < -0.3 is 20.1 Å². The Labute approximate surface area is 153 Å². The lowest BCUT2D eigenvalue weighted by molar-refractivity contribution is 0.0526. The lowest BCUT2D eigenvalue weighted by Crippen LogP contribution is -2.31. The molecule has 0 aliphatic rings. The van der Waals surface area contributed by atoms with Crippen molar-refractivity contribution in [1.29, 1.82) is 0 Å². The van der Waals surface area contributed by atoms with Crippen molar-refractivity contribution in [1.82, 2.24) is 5.32 Å². The first-order chi connectivity index (χ1) is 12.5. The van der Waals surface area contributed by atoms with Gasteiger partial charge in [0.2, 0.25) is 0 Å². The smallest absolute Gasteiger partial charge is 0.338 e. The highest BCUT2D eigenvalue weighted by molar-refractivity contribution is 5.92. The van der Waals surface area contributed by atoms with E-state index in [-0.39, 0.29) is 18.0 Å². The zero-order valence-electron chi connectivity index (χ0n) is 15.2. The van der Waals surface area contributed by atoms with E-state index in [4.69, 9.17) is 9.47 Å². The molecule has 0 aliphatic carbocycles. The lowest BCUT2D eigenvalue weighted by atomic mass is 10.1. The van der Waals surface area contributed by atoms with Crippen LogP contribution in [0.1, 0.15) is 42.7 Å². The van der Waals surface area contributed by atoms with Gasteiger partial charge in [0.1, 0.15) is 5.75 Å². The summed E-state index contributed by atoms with van der Waals surface area (Å²) >= 11 is 0. The van der Waals surface area contributed by atoms with Crippen LogP contribution in [0.3, 0.4) is 0 Å². The summed E-state index contributed by atoms with van der Waals surface area (Å²) in [5.41, 5.74) is 2.01. The van der Waals surface area contributed by atoms with E-state index in [0.29, 0.717) is 24.5 Å². The van der Waals surface area contributed by atoms with Crippen LogP contribution in [0.2, 0.25) is 0 Å². The number of hydrogen-bond donors (Lipinski definition) is 2. The molecule has 2 rings (SSSR count). The fourth-order valence-corrected chi connectivity index (χ4v) is 2.37. The molecule has 2 aromatic carbocycles. The number of benzene rings is 2. The molecule has 2 amide bonds. The number of rotatable bonds is 7. The van der Waals surface area contributed by atoms with Crippen molar-refractivity contribution < 1.29 is 19.1 Å². The Bertz CT molecular complexity index is 726. The summed E-state index contributed by atoms with van der Waals surface area (Å²) in [6.45, 7) is 6.53. The molecular formula is C20H24N2O4. The molecule has 2 N–H and O–H groups in total. The number of carbonyl (C=O) groups excluding carboxylic acids is 2. The SMILES string of the molecule is CCOC(=O)c1ccc(NC(=O)NC(C)c2ccc(OCC)cc2)cc1. The molecule has 26 heavy (non-hydrogen) atoms. The summed E-state index contributed by atoms with van der Waals surface area (Å²) in [6, 6.07) is 13.7. The van der Waals surface area contributed by atoms with Crippen LogP contribution >= 0.6 is 0 Å². The van der Waals surface area contributed by atoms with Gasteiger partial charge in [0.05, 0.1) is 24.8 Å². The Kier molecular flexibility index (Phi) is 7.02. The van der Waals surface area contributed by atoms with Crippen LogP contribution in [-0.2, 0) is 4.74 Å². The number of carbonyl (C=O) groups is 2. The molecule has 0 saturated carbocycles. The first-order valence-electron chi connectivity index (χ1n) is 8.61. The number of ether oxygens (including phenoxy) is 2. The number of urea groups is 1. The average Bonchev–Trinajstić information content (AvgIpc) is 2.63. The van der Waals surface area contributed by atoms with Crippen molar-refractivity contribution in [3.8, 4) is 5.75 Å². The Morgan fingerprint density at radius 2 is 1.62 bits per heavy atom. The topological polar surface area (TPSA) is 76.7 Å². The molecule has 6 nitrogen and oxygen atoms in total. The maximum Gasteiger partial charge on any atom is 0.338 e. The summed E-state index contributed by atoms with van der Waals surface area (Å²) in [6.07, 6.45) is 0. The molecule has 1 atom stereocenters. The first-order valence-corrected chi connectivity index (χ1v) is 8.61. The molecule has 0 bridgehead atoms. The van der Waals surface area contributed by atoms with Crippen LogP contribution < -0.4 is 15.4 Å². The van der Waals surface area contributed by atoms with Gasteiger partial charge in [-0.15, -0.1) is 0 Å². The molecule has 0 radical (unpaired) electrons. The van der Waals surface area contributed by atoms with E-state index in [9.17, 15) is 9.59 Å². The quantitative estimate of drug-likeness (QED) is 0.731. The third-order valence-electron chi connectivity index (χ3n) is 3.69. The minimum atomic E-state index is -0.382. The second-order valence-corrected chi connectivity index (χ2v) is 5.62. The number of amides is 2. The zero-order chi connectivity index (χ0) is 18.9. The second kappa shape index (κ2) is 9.46. The van der Waals surface area contributed by atoms with Crippen LogP contribution in [0.15, 0.2) is 48.5 Å². The van der Waals surface area contributed by atoms with E-state index in [1.165, 1.54) is 0 Å². The lowest BCUT2D eigenvalue weighted by Gasteiger charge is -2.16. The summed E-state index contributed by atoms with van der Waals surface area (Å²) in [4.78, 5) is 23.8. The fourth-order valence-electron chi connectivity index (χ4n) is 2.37. The number of hydrogen-bond acceptors (Lipinski definition) is 4. The first kappa shape index (κ1) is 19.3. The van der Waals surface area contributed by atoms with E-state index in [1.54, 1.807) is 31.2 Å². The fraction of sp³-hybridized carbons (Fsp3) is 0.300. The second-order valence-electron chi connectivity index (χ2n) is 5.62. The highest BCUT2D eigenvalue weighted by Crippen LogP contribution is 2.18. The van der Waals surface area contributed by atoms with E-state index in [1.807, 2.05) is 38.1 Å². The van der Waals surface area contributed by atoms with Gasteiger partial charge in [-0.1, -0.05) is 12.1 Å². The molecule has 6 heteroatoms. The van der Waals surface area contributed by atoms with Crippen LogP contribution in [0, 0.1) is 0 Å². The predicted molar refractivity (Wildman–Crippen MR) is 101 cm³/mol. The predicted octanol–water partition coefficient (Wildman–Crippen LogP) is 4.14. The van der Waals surface area contributed by atoms with Gasteiger partial charge in [0.15, 0.2) is 0 Å². The largest absolute Gasteiger partial charge is 0.494 e. The van der Waals surface area contributed by atoms with E-state index in [2.05, 4.69) is 10.6 Å². The summed E-state index contributed by atoms with van der Waals surface area (Å²) in [7, 11) is 0. The molecule has 0 aliphatic heterocycles. The minimum Gasteiger partial charge on any atom is -0.494 e. The molecule has 1 unspecified atom stereocenters. The normalized spacial score (nSPS) is 11.3. The molecular weight excluding hydrogens is 332 g/mol. The number of esters is 1. The van der Waals surface area contributed by atoms with Gasteiger partial charge in [-0.05, 0) is 62.7 Å². The van der Waals surface area contributed by atoms with Gasteiger partial charge in [0, 0.05) is 5.69 Å². The van der Waals surface area contributed by atoms with Crippen LogP contribution in [0.5, 0.6) is 5.75 Å². The van der Waals surface area contributed by atoms with E-state index < -0.39 is 0 Å². The molecule has 0 heterocycles. The van der Waals surface area contributed by atoms with Crippen LogP contribution in [0.4, 0.5) is 10.5 Å². The highest BCUT2D eigenvalue weighted by atomic mass is 16.5. The molecule has 2 aromatic rings. The van der Waals surface area contributed by atoms with Crippen molar-refractivity contribution in [2.24, 2.45) is 0 Å². The maximum absolute atomic E-state index is 12.1. The van der Waals surface area contributed by atoms with E-state index in [0.717, 1.165) is 11.3 Å². The molecule has 0 saturated heterocycles. The monoisotopic (exact) mass is 356 g/mol. The third-order valence-corrected chi connectivity index (χ3v) is 3.69. The summed E-state index contributed by atoms with van der Waals surface area (Å²) in [5.74, 6) is 0.419. The summed E-state index contributed by atoms with van der Waals surface area (Å²) < 4.78 is 10.3. The molecule has 0 spiro atoms. The number of anilines is 1. The van der Waals surface area contributed by atoms with Gasteiger partial charge in [-0.25, -0.2) is 9.59 Å². The van der Waals surface area contributed by atoms with Crippen molar-refractivity contribution in [2.45, 2.75) is 26.8 Å². The van der Waals surface area contributed by atoms with Gasteiger partial charge in [-0.3, -0.25) is 0 Å². The Balaban J connectivity index is 1.90. The van der Waals surface area contributed by atoms with Crippen LogP contribution in [-0.4, -0.2) is 25.2 Å². The Morgan fingerprint density at radius 3 is 2.19 bits per heavy atom. The molecule has 138 valence electrons. The Morgan fingerprint density at radius 1 is 0.962 bits per heavy atom. The van der Waals surface area contributed by atoms with E-state index >= 15 is 0 Å². The highest BCUT2D eigenvalue weighted by Gasteiger charge is 2.11. The van der Waals surface area contributed by atoms with Crippen molar-refractivity contribution in [3.05, 3.63) is 59.7 Å². The molecule has 0 fully saturated rings. The van der Waals surface area contributed by atoms with Gasteiger partial charge in [0.25, 0.3) is 0 Å². The van der Waals surface area contributed by atoms with Crippen molar-refractivity contribution in [3.63, 3.8) is 0 Å². The van der Waals surface area contributed by atoms with Crippen molar-refractivity contribution >= 4 is 17.7 Å². The zero-order valence-corrected chi connectivity index (χ0v) is 15.2. The summed E-state index contributed by atoms with van der Waals surface area (Å²) in [5, 5.41) is 5.62.